The third kappa shape index (κ3) is 35.1. The molecule has 0 bridgehead atoms. The molecule has 7 atom stereocenters. The minimum atomic E-state index is -4.55. The summed E-state index contributed by atoms with van der Waals surface area (Å²) >= 11 is 0. The molecule has 50 heavy (non-hydrogen) atoms. The lowest BCUT2D eigenvalue weighted by Crippen LogP contribution is -2.26. The van der Waals surface area contributed by atoms with Gasteiger partial charge < -0.3 is 19.3 Å². The van der Waals surface area contributed by atoms with E-state index in [0.29, 0.717) is 31.7 Å². The molecule has 0 saturated carbocycles. The van der Waals surface area contributed by atoms with E-state index in [9.17, 15) is 14.4 Å². The molecular weight excluding hydrogens is 643 g/mol. The van der Waals surface area contributed by atoms with Crippen LogP contribution in [0.25, 0.3) is 0 Å². The fraction of sp³-hybridized carbons (Fsp3) is 1.00. The van der Waals surface area contributed by atoms with Gasteiger partial charge in [0.2, 0.25) is 0 Å². The van der Waals surface area contributed by atoms with Gasteiger partial charge in [-0.25, -0.2) is 4.57 Å². The Morgan fingerprint density at radius 3 is 1.04 bits per heavy atom. The zero-order valence-corrected chi connectivity index (χ0v) is 36.0. The summed E-state index contributed by atoms with van der Waals surface area (Å²) in [5.74, 6) is 6.10. The molecule has 0 aliphatic carbocycles. The first-order valence-corrected chi connectivity index (χ1v) is 23.0. The molecule has 0 rings (SSSR count). The van der Waals surface area contributed by atoms with Gasteiger partial charge in [-0.2, -0.15) is 0 Å². The second kappa shape index (κ2) is 31.4. The SMILES string of the molecule is CC(C)CCCC(C)CCCC(C)CCCC(C)CCOCC(COP(=O)(O)O)OCCC(C)CCCC(C)CCCC(C)CCCC(C)C. The Morgan fingerprint density at radius 1 is 0.420 bits per heavy atom. The number of phosphoric ester groups is 1. The van der Waals surface area contributed by atoms with Gasteiger partial charge in [0.05, 0.1) is 13.2 Å². The van der Waals surface area contributed by atoms with Crippen molar-refractivity contribution < 1.29 is 28.3 Å². The van der Waals surface area contributed by atoms with Crippen LogP contribution in [0.5, 0.6) is 0 Å². The van der Waals surface area contributed by atoms with Crippen LogP contribution in [0.15, 0.2) is 0 Å². The van der Waals surface area contributed by atoms with E-state index in [-0.39, 0.29) is 6.61 Å². The molecule has 7 unspecified atom stereocenters. The average molecular weight is 733 g/mol. The van der Waals surface area contributed by atoms with Crippen molar-refractivity contribution in [2.24, 2.45) is 47.3 Å². The summed E-state index contributed by atoms with van der Waals surface area (Å²) < 4.78 is 28.1. The zero-order valence-electron chi connectivity index (χ0n) is 35.1. The summed E-state index contributed by atoms with van der Waals surface area (Å²) in [6.07, 6.45) is 25.3. The molecule has 0 saturated heterocycles. The van der Waals surface area contributed by atoms with Crippen molar-refractivity contribution in [1.29, 1.82) is 0 Å². The quantitative estimate of drug-likeness (QED) is 0.0493. The van der Waals surface area contributed by atoms with Crippen LogP contribution in [0, 0.1) is 47.3 Å². The number of phosphoric acid groups is 1. The molecular formula is C43H89O6P. The van der Waals surface area contributed by atoms with Crippen molar-refractivity contribution in [2.45, 2.75) is 204 Å². The van der Waals surface area contributed by atoms with Gasteiger partial charge in [0.1, 0.15) is 6.10 Å². The topological polar surface area (TPSA) is 85.2 Å². The van der Waals surface area contributed by atoms with Gasteiger partial charge >= 0.3 is 7.82 Å². The van der Waals surface area contributed by atoms with Crippen LogP contribution < -0.4 is 0 Å². The highest BCUT2D eigenvalue weighted by Gasteiger charge is 2.20. The first kappa shape index (κ1) is 50.0. The van der Waals surface area contributed by atoms with Crippen LogP contribution in [0.4, 0.5) is 0 Å². The van der Waals surface area contributed by atoms with Crippen LogP contribution in [0.3, 0.4) is 0 Å². The molecule has 0 aliphatic heterocycles. The van der Waals surface area contributed by atoms with Crippen LogP contribution in [-0.4, -0.2) is 42.3 Å². The molecule has 0 radical (unpaired) electrons. The number of rotatable bonds is 36. The zero-order chi connectivity index (χ0) is 37.8. The van der Waals surface area contributed by atoms with E-state index >= 15 is 0 Å². The first-order chi connectivity index (χ1) is 23.6. The Hall–Kier alpha value is 0.0300. The molecule has 0 fully saturated rings. The van der Waals surface area contributed by atoms with Crippen molar-refractivity contribution in [3.63, 3.8) is 0 Å². The summed E-state index contributed by atoms with van der Waals surface area (Å²) in [5.41, 5.74) is 0. The molecule has 0 amide bonds. The normalized spacial score (nSPS) is 16.8. The molecule has 0 spiro atoms. The monoisotopic (exact) mass is 733 g/mol. The summed E-state index contributed by atoms with van der Waals surface area (Å²) in [4.78, 5) is 18.5. The second-order valence-corrected chi connectivity index (χ2v) is 19.2. The minimum absolute atomic E-state index is 0.156. The molecule has 6 nitrogen and oxygen atoms in total. The molecule has 0 aromatic rings. The van der Waals surface area contributed by atoms with Crippen molar-refractivity contribution >= 4 is 7.82 Å². The first-order valence-electron chi connectivity index (χ1n) is 21.5. The van der Waals surface area contributed by atoms with Gasteiger partial charge in [0.15, 0.2) is 0 Å². The highest BCUT2D eigenvalue weighted by Crippen LogP contribution is 2.36. The summed E-state index contributed by atoms with van der Waals surface area (Å²) in [7, 11) is -4.55. The smallest absolute Gasteiger partial charge is 0.379 e. The highest BCUT2D eigenvalue weighted by molar-refractivity contribution is 7.46. The van der Waals surface area contributed by atoms with Crippen LogP contribution >= 0.6 is 7.82 Å². The van der Waals surface area contributed by atoms with Gasteiger partial charge in [-0.3, -0.25) is 4.52 Å². The molecule has 2 N–H and O–H groups in total. The van der Waals surface area contributed by atoms with E-state index in [4.69, 9.17) is 14.0 Å². The van der Waals surface area contributed by atoms with Crippen LogP contribution in [0.2, 0.25) is 0 Å². The summed E-state index contributed by atoms with van der Waals surface area (Å²) in [6.45, 7) is 24.9. The maximum Gasteiger partial charge on any atom is 0.469 e. The predicted octanol–water partition coefficient (Wildman–Crippen LogP) is 13.4. The van der Waals surface area contributed by atoms with Crippen molar-refractivity contribution in [3.8, 4) is 0 Å². The van der Waals surface area contributed by atoms with Crippen molar-refractivity contribution in [1.82, 2.24) is 0 Å². The fourth-order valence-corrected chi connectivity index (χ4v) is 7.49. The molecule has 0 aromatic heterocycles. The fourth-order valence-electron chi connectivity index (χ4n) is 7.13. The molecule has 7 heteroatoms. The Kier molecular flexibility index (Phi) is 31.4. The lowest BCUT2D eigenvalue weighted by atomic mass is 9.91. The molecule has 0 heterocycles. The second-order valence-electron chi connectivity index (χ2n) is 17.9. The average Bonchev–Trinajstić information content (AvgIpc) is 3.00. The Balaban J connectivity index is 4.15. The Morgan fingerprint density at radius 2 is 0.720 bits per heavy atom. The Bertz CT molecular complexity index is 785. The maximum absolute atomic E-state index is 11.3. The third-order valence-electron chi connectivity index (χ3n) is 11.0. The van der Waals surface area contributed by atoms with Gasteiger partial charge in [0.25, 0.3) is 0 Å². The van der Waals surface area contributed by atoms with E-state index in [1.807, 2.05) is 0 Å². The van der Waals surface area contributed by atoms with Crippen molar-refractivity contribution in [3.05, 3.63) is 0 Å². The van der Waals surface area contributed by atoms with Crippen molar-refractivity contribution in [2.75, 3.05) is 26.4 Å². The largest absolute Gasteiger partial charge is 0.469 e. The number of ether oxygens (including phenoxy) is 2. The number of hydrogen-bond donors (Lipinski definition) is 2. The molecule has 302 valence electrons. The maximum atomic E-state index is 11.3. The number of hydrogen-bond acceptors (Lipinski definition) is 4. The summed E-state index contributed by atoms with van der Waals surface area (Å²) in [6, 6.07) is 0. The molecule has 0 aliphatic rings. The van der Waals surface area contributed by atoms with E-state index in [1.165, 1.54) is 116 Å². The van der Waals surface area contributed by atoms with Gasteiger partial charge in [-0.15, -0.1) is 0 Å². The third-order valence-corrected chi connectivity index (χ3v) is 11.5. The summed E-state index contributed by atoms with van der Waals surface area (Å²) in [5, 5.41) is 0. The predicted molar refractivity (Wildman–Crippen MR) is 216 cm³/mol. The van der Waals surface area contributed by atoms with E-state index in [1.54, 1.807) is 0 Å². The van der Waals surface area contributed by atoms with E-state index < -0.39 is 13.9 Å². The molecule has 0 aromatic carbocycles. The van der Waals surface area contributed by atoms with E-state index in [0.717, 1.165) is 48.3 Å². The van der Waals surface area contributed by atoms with Gasteiger partial charge in [0, 0.05) is 13.2 Å². The lowest BCUT2D eigenvalue weighted by Gasteiger charge is -2.21. The Labute approximate surface area is 313 Å². The van der Waals surface area contributed by atoms with Crippen LogP contribution in [0.1, 0.15) is 198 Å². The minimum Gasteiger partial charge on any atom is -0.379 e. The van der Waals surface area contributed by atoms with Gasteiger partial charge in [-0.1, -0.05) is 185 Å². The van der Waals surface area contributed by atoms with E-state index in [2.05, 4.69) is 69.2 Å². The standard InChI is InChI=1S/C43H89O6P/c1-35(2)17-11-19-37(5)21-13-23-39(7)25-15-27-41(9)29-31-47-33-43(34-49-50(44,45)46)48-32-30-42(10)28-16-26-40(8)24-14-22-38(6)20-12-18-36(3)4/h35-43H,11-34H2,1-10H3,(H2,44,45,46). The highest BCUT2D eigenvalue weighted by atomic mass is 31.2. The lowest BCUT2D eigenvalue weighted by molar-refractivity contribution is -0.0462. The van der Waals surface area contributed by atoms with Gasteiger partial charge in [-0.05, 0) is 60.2 Å². The van der Waals surface area contributed by atoms with Crippen LogP contribution in [-0.2, 0) is 18.6 Å².